The Kier molecular flexibility index (Phi) is 4.16. The molecule has 4 aromatic heterocycles. The molecule has 0 spiro atoms. The van der Waals surface area contributed by atoms with Crippen LogP contribution in [0.5, 0.6) is 0 Å². The number of nitrogens with zero attached hydrogens (tertiary/aromatic N) is 6. The molecule has 0 saturated heterocycles. The first-order valence-corrected chi connectivity index (χ1v) is 10.1. The minimum absolute atomic E-state index is 0.250. The highest BCUT2D eigenvalue weighted by Gasteiger charge is 2.18. The van der Waals surface area contributed by atoms with Gasteiger partial charge in [-0.1, -0.05) is 12.6 Å². The van der Waals surface area contributed by atoms with Gasteiger partial charge >= 0.3 is 0 Å². The molecule has 0 aliphatic rings. The molecule has 0 bridgehead atoms. The number of primary amides is 1. The number of amides is 1. The average molecular weight is 425 g/mol. The first-order chi connectivity index (χ1) is 14.9. The van der Waals surface area contributed by atoms with Crippen molar-refractivity contribution in [2.75, 3.05) is 0 Å². The summed E-state index contributed by atoms with van der Waals surface area (Å²) in [6.45, 7) is 3.75. The van der Waals surface area contributed by atoms with Gasteiger partial charge < -0.3 is 5.73 Å². The molecular formula is C22H15N7OS. The SMILES string of the molecule is C=C(C(N)=O)c1ccc2nc(-c3cc(-c4cnn(C)c4)cn4ncc(C#N)c34)sc2c1. The number of nitriles is 1. The molecular weight excluding hydrogens is 410 g/mol. The number of benzene rings is 1. The van der Waals surface area contributed by atoms with Crippen LogP contribution >= 0.6 is 11.3 Å². The highest BCUT2D eigenvalue weighted by Crippen LogP contribution is 2.37. The van der Waals surface area contributed by atoms with Crippen LogP contribution in [0.4, 0.5) is 0 Å². The first kappa shape index (κ1) is 18.7. The molecule has 150 valence electrons. The van der Waals surface area contributed by atoms with E-state index in [-0.39, 0.29) is 5.57 Å². The number of nitrogens with two attached hydrogens (primary N) is 1. The third kappa shape index (κ3) is 3.06. The summed E-state index contributed by atoms with van der Waals surface area (Å²) < 4.78 is 4.31. The predicted molar refractivity (Wildman–Crippen MR) is 119 cm³/mol. The van der Waals surface area contributed by atoms with Crippen LogP contribution in [0.15, 0.2) is 55.6 Å². The van der Waals surface area contributed by atoms with Crippen LogP contribution in [0.2, 0.25) is 0 Å². The van der Waals surface area contributed by atoms with E-state index < -0.39 is 5.91 Å². The zero-order chi connectivity index (χ0) is 21.7. The molecule has 0 fully saturated rings. The monoisotopic (exact) mass is 425 g/mol. The lowest BCUT2D eigenvalue weighted by atomic mass is 10.1. The van der Waals surface area contributed by atoms with Crippen LogP contribution < -0.4 is 5.73 Å². The summed E-state index contributed by atoms with van der Waals surface area (Å²) in [7, 11) is 1.86. The van der Waals surface area contributed by atoms with E-state index in [0.29, 0.717) is 16.6 Å². The molecule has 5 aromatic rings. The summed E-state index contributed by atoms with van der Waals surface area (Å²) in [5.74, 6) is -0.562. The minimum atomic E-state index is -0.562. The molecule has 8 nitrogen and oxygen atoms in total. The molecule has 1 amide bonds. The van der Waals surface area contributed by atoms with Crippen molar-refractivity contribution in [1.82, 2.24) is 24.4 Å². The van der Waals surface area contributed by atoms with Gasteiger partial charge in [-0.15, -0.1) is 11.3 Å². The Balaban J connectivity index is 1.74. The van der Waals surface area contributed by atoms with Crippen LogP contribution in [0.3, 0.4) is 0 Å². The number of carbonyl (C=O) groups is 1. The second-order valence-electron chi connectivity index (χ2n) is 7.05. The number of aryl methyl sites for hydroxylation is 1. The van der Waals surface area contributed by atoms with E-state index in [0.717, 1.165) is 31.9 Å². The Morgan fingerprint density at radius 2 is 2.03 bits per heavy atom. The molecule has 2 N–H and O–H groups in total. The molecule has 0 aliphatic heterocycles. The van der Waals surface area contributed by atoms with Crippen molar-refractivity contribution < 1.29 is 4.79 Å². The van der Waals surface area contributed by atoms with Gasteiger partial charge in [-0.25, -0.2) is 9.50 Å². The van der Waals surface area contributed by atoms with E-state index in [1.165, 1.54) is 11.3 Å². The second-order valence-corrected chi connectivity index (χ2v) is 8.08. The zero-order valence-electron chi connectivity index (χ0n) is 16.4. The van der Waals surface area contributed by atoms with Crippen molar-refractivity contribution in [2.45, 2.75) is 0 Å². The number of hydrogen-bond acceptors (Lipinski definition) is 6. The Hall–Kier alpha value is -4.29. The number of thiazole rings is 1. The fraction of sp³-hybridized carbons (Fsp3) is 0.0455. The van der Waals surface area contributed by atoms with Crippen LogP contribution in [0.25, 0.3) is 43.0 Å². The predicted octanol–water partition coefficient (Wildman–Crippen LogP) is 3.38. The quantitative estimate of drug-likeness (QED) is 0.443. The van der Waals surface area contributed by atoms with Gasteiger partial charge in [0.15, 0.2) is 0 Å². The Bertz CT molecular complexity index is 1560. The number of fused-ring (bicyclic) bond motifs is 2. The fourth-order valence-electron chi connectivity index (χ4n) is 3.46. The topological polar surface area (TPSA) is 115 Å². The van der Waals surface area contributed by atoms with Gasteiger partial charge in [0.05, 0.1) is 33.7 Å². The van der Waals surface area contributed by atoms with Crippen LogP contribution in [-0.2, 0) is 11.8 Å². The molecule has 0 aliphatic carbocycles. The standard InChI is InChI=1S/C22H15N7OS/c1-12(21(24)30)13-3-4-18-19(6-13)31-22(27-18)17-5-14(16-9-25-28(2)10-16)11-29-20(17)15(7-23)8-26-29/h3-6,8-11H,1H2,2H3,(H2,24,30). The average Bonchev–Trinajstić information content (AvgIpc) is 3.49. The minimum Gasteiger partial charge on any atom is -0.366 e. The maximum absolute atomic E-state index is 11.5. The third-order valence-electron chi connectivity index (χ3n) is 5.04. The van der Waals surface area contributed by atoms with E-state index in [9.17, 15) is 10.1 Å². The second kappa shape index (κ2) is 6.90. The van der Waals surface area contributed by atoms with Crippen molar-refractivity contribution in [3.8, 4) is 27.8 Å². The van der Waals surface area contributed by atoms with Crippen molar-refractivity contribution in [3.63, 3.8) is 0 Å². The fourth-order valence-corrected chi connectivity index (χ4v) is 4.49. The number of aromatic nitrogens is 5. The highest BCUT2D eigenvalue weighted by atomic mass is 32.1. The van der Waals surface area contributed by atoms with Crippen LogP contribution in [-0.4, -0.2) is 30.3 Å². The number of carbonyl (C=O) groups excluding carboxylic acids is 1. The summed E-state index contributed by atoms with van der Waals surface area (Å²) in [4.78, 5) is 16.3. The first-order valence-electron chi connectivity index (χ1n) is 9.25. The zero-order valence-corrected chi connectivity index (χ0v) is 17.2. The summed E-state index contributed by atoms with van der Waals surface area (Å²) in [6, 6.07) is 9.67. The van der Waals surface area contributed by atoms with Gasteiger partial charge in [-0.05, 0) is 23.8 Å². The molecule has 1 aromatic carbocycles. The summed E-state index contributed by atoms with van der Waals surface area (Å²) in [5, 5.41) is 18.9. The number of pyridine rings is 1. The van der Waals surface area contributed by atoms with Crippen LogP contribution in [0, 0.1) is 11.3 Å². The molecule has 9 heteroatoms. The maximum atomic E-state index is 11.5. The molecule has 31 heavy (non-hydrogen) atoms. The number of rotatable bonds is 4. The maximum Gasteiger partial charge on any atom is 0.248 e. The third-order valence-corrected chi connectivity index (χ3v) is 6.09. The molecule has 0 saturated carbocycles. The van der Waals surface area contributed by atoms with Crippen molar-refractivity contribution >= 4 is 38.6 Å². The van der Waals surface area contributed by atoms with Gasteiger partial charge in [0.25, 0.3) is 0 Å². The molecule has 4 heterocycles. The Labute approximate surface area is 180 Å². The lowest BCUT2D eigenvalue weighted by Crippen LogP contribution is -2.11. The lowest BCUT2D eigenvalue weighted by molar-refractivity contribution is -0.112. The van der Waals surface area contributed by atoms with E-state index in [1.54, 1.807) is 27.7 Å². The lowest BCUT2D eigenvalue weighted by Gasteiger charge is -2.05. The molecule has 0 radical (unpaired) electrons. The van der Waals surface area contributed by atoms with Crippen molar-refractivity contribution in [3.05, 3.63) is 66.8 Å². The molecule has 0 atom stereocenters. The van der Waals surface area contributed by atoms with Gasteiger partial charge in [0.1, 0.15) is 11.1 Å². The van der Waals surface area contributed by atoms with E-state index >= 15 is 0 Å². The molecule has 0 unspecified atom stereocenters. The largest absolute Gasteiger partial charge is 0.366 e. The summed E-state index contributed by atoms with van der Waals surface area (Å²) in [6.07, 6.45) is 7.12. The smallest absolute Gasteiger partial charge is 0.248 e. The normalized spacial score (nSPS) is 11.1. The highest BCUT2D eigenvalue weighted by molar-refractivity contribution is 7.21. The van der Waals surface area contributed by atoms with E-state index in [2.05, 4.69) is 22.8 Å². The Morgan fingerprint density at radius 3 is 2.74 bits per heavy atom. The summed E-state index contributed by atoms with van der Waals surface area (Å²) in [5.41, 5.74) is 10.9. The number of hydrogen-bond donors (Lipinski definition) is 1. The molecule has 5 rings (SSSR count). The van der Waals surface area contributed by atoms with E-state index in [4.69, 9.17) is 10.7 Å². The van der Waals surface area contributed by atoms with Crippen molar-refractivity contribution in [1.29, 1.82) is 5.26 Å². The van der Waals surface area contributed by atoms with Gasteiger partial charge in [0, 0.05) is 41.7 Å². The summed E-state index contributed by atoms with van der Waals surface area (Å²) >= 11 is 1.46. The van der Waals surface area contributed by atoms with Gasteiger partial charge in [-0.3, -0.25) is 9.48 Å². The van der Waals surface area contributed by atoms with E-state index in [1.807, 2.05) is 37.6 Å². The van der Waals surface area contributed by atoms with Crippen LogP contribution in [0.1, 0.15) is 11.1 Å². The van der Waals surface area contributed by atoms with Crippen molar-refractivity contribution in [2.24, 2.45) is 12.8 Å². The Morgan fingerprint density at radius 1 is 1.19 bits per heavy atom. The van der Waals surface area contributed by atoms with Gasteiger partial charge in [-0.2, -0.15) is 15.5 Å². The van der Waals surface area contributed by atoms with Gasteiger partial charge in [0.2, 0.25) is 5.91 Å².